The number of hydrogen-bond acceptors (Lipinski definition) is 7. The first kappa shape index (κ1) is 31.1. The van der Waals surface area contributed by atoms with Gasteiger partial charge in [0, 0.05) is 83.6 Å². The Hall–Kier alpha value is -3.49. The Labute approximate surface area is 265 Å². The van der Waals surface area contributed by atoms with E-state index in [0.717, 1.165) is 36.4 Å². The molecule has 0 spiro atoms. The lowest BCUT2D eigenvalue weighted by Crippen LogP contribution is -2.58. The van der Waals surface area contributed by atoms with E-state index in [-0.39, 0.29) is 71.4 Å². The summed E-state index contributed by atoms with van der Waals surface area (Å²) in [4.78, 5) is 36.6. The highest BCUT2D eigenvalue weighted by Crippen LogP contribution is 2.49. The van der Waals surface area contributed by atoms with E-state index in [9.17, 15) is 14.0 Å². The Morgan fingerprint density at radius 1 is 1.09 bits per heavy atom. The number of morpholine rings is 1. The van der Waals surface area contributed by atoms with Crippen molar-refractivity contribution in [2.45, 2.75) is 68.2 Å². The largest absolute Gasteiger partial charge is 0.417 e. The lowest BCUT2D eigenvalue weighted by Gasteiger charge is -2.44. The molecule has 1 amide bonds. The molecule has 244 valence electrons. The van der Waals surface area contributed by atoms with Crippen molar-refractivity contribution in [3.63, 3.8) is 0 Å². The second-order valence-corrected chi connectivity index (χ2v) is 13.6. The fraction of sp³-hybridized carbons (Fsp3) is 0.469. The number of piperazine rings is 1. The molecule has 4 aliphatic rings. The third-order valence-electron chi connectivity index (χ3n) is 9.65. The molecule has 2 aromatic carbocycles. The number of carbonyl (C=O) groups is 1. The van der Waals surface area contributed by atoms with Crippen LogP contribution in [0.2, 0.25) is 0 Å². The summed E-state index contributed by atoms with van der Waals surface area (Å²) < 4.78 is 81.6. The van der Waals surface area contributed by atoms with E-state index < -0.39 is 46.2 Å². The van der Waals surface area contributed by atoms with Crippen LogP contribution < -0.4 is 10.6 Å². The number of likely N-dealkylation sites (tertiary alicyclic amines) is 1. The zero-order valence-electron chi connectivity index (χ0n) is 25.2. The van der Waals surface area contributed by atoms with Crippen molar-refractivity contribution in [3.8, 4) is 11.1 Å². The predicted octanol–water partition coefficient (Wildman–Crippen LogP) is 4.92. The van der Waals surface area contributed by atoms with Crippen molar-refractivity contribution in [2.75, 3.05) is 36.9 Å². The van der Waals surface area contributed by atoms with Crippen LogP contribution in [-0.4, -0.2) is 87.5 Å². The average Bonchev–Trinajstić information content (AvgIpc) is 3.58. The van der Waals surface area contributed by atoms with Gasteiger partial charge in [-0.1, -0.05) is 6.58 Å². The monoisotopic (exact) mass is 661 g/mol. The second kappa shape index (κ2) is 11.3. The first-order valence-corrected chi connectivity index (χ1v) is 16.2. The van der Waals surface area contributed by atoms with Crippen molar-refractivity contribution in [1.29, 1.82) is 0 Å². The number of ether oxygens (including phenoxy) is 1. The summed E-state index contributed by atoms with van der Waals surface area (Å²) in [5, 5.41) is 0.107. The number of aromatic nitrogens is 2. The maximum absolute atomic E-state index is 15.4. The topological polar surface area (TPSA) is 70.9 Å². The van der Waals surface area contributed by atoms with Crippen molar-refractivity contribution >= 4 is 34.4 Å². The number of alkyl halides is 3. The van der Waals surface area contributed by atoms with Crippen molar-refractivity contribution in [2.24, 2.45) is 0 Å². The van der Waals surface area contributed by atoms with Crippen molar-refractivity contribution in [3.05, 3.63) is 64.6 Å². The highest BCUT2D eigenvalue weighted by atomic mass is 32.2. The van der Waals surface area contributed by atoms with Crippen LogP contribution in [0.5, 0.6) is 0 Å². The van der Waals surface area contributed by atoms with Gasteiger partial charge in [-0.25, -0.2) is 13.6 Å². The van der Waals surface area contributed by atoms with Crippen LogP contribution in [0.25, 0.3) is 22.0 Å². The highest BCUT2D eigenvalue weighted by Gasteiger charge is 2.45. The standard InChI is InChI=1S/C32H32F5N5O3S/c1-4-26(43)39-10-17(3)40(11-16(39)2)30-23-9-24(32(35,36)37)27(22-6-5-18(33)7-25(22)34)29-28(23)42(31(44)38-30)12-20(15-46-29)41-13-21-8-19(41)14-45-21/h4-7,9,16-17,19-21H,1,8,10-15H2,2-3H3/t16-,17+,19+,20?,21+/m1/s1. The predicted molar refractivity (Wildman–Crippen MR) is 164 cm³/mol. The van der Waals surface area contributed by atoms with Gasteiger partial charge in [-0.05, 0) is 44.5 Å². The fourth-order valence-electron chi connectivity index (χ4n) is 7.47. The lowest BCUT2D eigenvalue weighted by atomic mass is 9.95. The van der Waals surface area contributed by atoms with Crippen LogP contribution in [0.15, 0.2) is 46.6 Å². The zero-order chi connectivity index (χ0) is 32.7. The van der Waals surface area contributed by atoms with Gasteiger partial charge in [-0.2, -0.15) is 18.2 Å². The van der Waals surface area contributed by atoms with Gasteiger partial charge < -0.3 is 14.5 Å². The number of anilines is 1. The number of amides is 1. The number of halogens is 5. The molecule has 5 atom stereocenters. The molecule has 8 nitrogen and oxygen atoms in total. The van der Waals surface area contributed by atoms with Gasteiger partial charge in [0.05, 0.1) is 23.8 Å². The molecule has 0 N–H and O–H groups in total. The Morgan fingerprint density at radius 3 is 2.52 bits per heavy atom. The molecule has 14 heteroatoms. The molecule has 3 aromatic rings. The summed E-state index contributed by atoms with van der Waals surface area (Å²) >= 11 is 1.15. The molecule has 0 radical (unpaired) electrons. The molecule has 0 saturated carbocycles. The van der Waals surface area contributed by atoms with Crippen molar-refractivity contribution in [1.82, 2.24) is 19.4 Å². The van der Waals surface area contributed by atoms with Gasteiger partial charge in [0.1, 0.15) is 17.5 Å². The Balaban J connectivity index is 1.47. The molecule has 0 aliphatic carbocycles. The second-order valence-electron chi connectivity index (χ2n) is 12.5. The van der Waals surface area contributed by atoms with Crippen molar-refractivity contribution < 1.29 is 31.5 Å². The highest BCUT2D eigenvalue weighted by molar-refractivity contribution is 7.99. The van der Waals surface area contributed by atoms with E-state index >= 15 is 17.6 Å². The summed E-state index contributed by atoms with van der Waals surface area (Å²) in [6.45, 7) is 9.01. The minimum absolute atomic E-state index is 0.0636. The summed E-state index contributed by atoms with van der Waals surface area (Å²) in [5.74, 6) is -1.91. The molecule has 7 rings (SSSR count). The quantitative estimate of drug-likeness (QED) is 0.291. The first-order valence-electron chi connectivity index (χ1n) is 15.2. The van der Waals surface area contributed by atoms with E-state index in [1.165, 1.54) is 10.6 Å². The minimum Gasteiger partial charge on any atom is -0.375 e. The number of nitrogens with zero attached hydrogens (tertiary/aromatic N) is 5. The van der Waals surface area contributed by atoms with Crippen LogP contribution in [0.3, 0.4) is 0 Å². The van der Waals surface area contributed by atoms with Crippen LogP contribution in [0, 0.1) is 11.6 Å². The summed E-state index contributed by atoms with van der Waals surface area (Å²) in [5.41, 5.74) is -2.33. The molecule has 3 saturated heterocycles. The molecule has 46 heavy (non-hydrogen) atoms. The molecule has 4 aliphatic heterocycles. The molecule has 1 aromatic heterocycles. The Bertz CT molecular complexity index is 1820. The van der Waals surface area contributed by atoms with Gasteiger partial charge in [0.15, 0.2) is 0 Å². The third kappa shape index (κ3) is 5.09. The number of benzene rings is 2. The lowest BCUT2D eigenvalue weighted by molar-refractivity contribution is -0.137. The first-order chi connectivity index (χ1) is 21.8. The number of thioether (sulfide) groups is 1. The van der Waals surface area contributed by atoms with E-state index in [1.807, 2.05) is 13.8 Å². The van der Waals surface area contributed by atoms with Gasteiger partial charge in [-0.3, -0.25) is 14.3 Å². The molecule has 3 fully saturated rings. The van der Waals surface area contributed by atoms with Gasteiger partial charge in [0.25, 0.3) is 0 Å². The van der Waals surface area contributed by atoms with Crippen LogP contribution >= 0.6 is 11.8 Å². The maximum atomic E-state index is 15.4. The molecule has 5 heterocycles. The molecule has 1 unspecified atom stereocenters. The minimum atomic E-state index is -4.93. The third-order valence-corrected chi connectivity index (χ3v) is 10.9. The average molecular weight is 662 g/mol. The van der Waals surface area contributed by atoms with Crippen LogP contribution in [-0.2, 0) is 22.3 Å². The van der Waals surface area contributed by atoms with Gasteiger partial charge >= 0.3 is 11.9 Å². The number of carbonyl (C=O) groups excluding carboxylic acids is 1. The fourth-order valence-corrected chi connectivity index (χ4v) is 8.85. The Morgan fingerprint density at radius 2 is 1.87 bits per heavy atom. The van der Waals surface area contributed by atoms with Crippen LogP contribution in [0.1, 0.15) is 25.8 Å². The van der Waals surface area contributed by atoms with Gasteiger partial charge in [-0.15, -0.1) is 11.8 Å². The molecule has 2 bridgehead atoms. The number of hydrogen-bond donors (Lipinski definition) is 0. The normalized spacial score (nSPS) is 26.5. The van der Waals surface area contributed by atoms with Gasteiger partial charge in [0.2, 0.25) is 5.91 Å². The number of rotatable bonds is 4. The SMILES string of the molecule is C=CC(=O)N1C[C@H](C)N(c2nc(=O)n3c4c(c(-c5ccc(F)cc5F)c(C(F)(F)F)cc24)SCC(N2C[C@@H]4C[C@H]2CO4)C3)C[C@H]1C. The maximum Gasteiger partial charge on any atom is 0.417 e. The van der Waals surface area contributed by atoms with E-state index in [4.69, 9.17) is 4.74 Å². The number of fused-ring (bicyclic) bond motifs is 2. The summed E-state index contributed by atoms with van der Waals surface area (Å²) in [7, 11) is 0. The van der Waals surface area contributed by atoms with E-state index in [2.05, 4.69) is 16.5 Å². The Kier molecular flexibility index (Phi) is 7.67. The summed E-state index contributed by atoms with van der Waals surface area (Å²) in [6, 6.07) is 2.61. The molecular weight excluding hydrogens is 629 g/mol. The summed E-state index contributed by atoms with van der Waals surface area (Å²) in [6.07, 6.45) is -2.80. The van der Waals surface area contributed by atoms with E-state index in [1.54, 1.807) is 9.80 Å². The van der Waals surface area contributed by atoms with E-state index in [0.29, 0.717) is 25.0 Å². The zero-order valence-corrected chi connectivity index (χ0v) is 26.0. The smallest absolute Gasteiger partial charge is 0.375 e. The van der Waals surface area contributed by atoms with Crippen LogP contribution in [0.4, 0.5) is 27.8 Å². The molecular formula is C32H32F5N5O3S.